The van der Waals surface area contributed by atoms with Crippen LogP contribution >= 0.6 is 12.4 Å². The molecule has 1 aromatic carbocycles. The molecule has 1 atom stereocenters. The summed E-state index contributed by atoms with van der Waals surface area (Å²) >= 11 is 0. The molecule has 3 rings (SSSR count). The molecule has 0 aliphatic carbocycles. The van der Waals surface area contributed by atoms with Crippen LogP contribution in [0.15, 0.2) is 29.2 Å². The van der Waals surface area contributed by atoms with E-state index in [1.807, 2.05) is 17.0 Å². The number of amides is 1. The van der Waals surface area contributed by atoms with E-state index in [2.05, 4.69) is 12.2 Å². The predicted molar refractivity (Wildman–Crippen MR) is 106 cm³/mol. The Morgan fingerprint density at radius 3 is 2.48 bits per heavy atom. The van der Waals surface area contributed by atoms with Gasteiger partial charge in [0.1, 0.15) is 0 Å². The molecular formula is C18H28ClN3O4S. The van der Waals surface area contributed by atoms with Gasteiger partial charge < -0.3 is 15.0 Å². The van der Waals surface area contributed by atoms with Crippen molar-refractivity contribution in [3.05, 3.63) is 29.8 Å². The van der Waals surface area contributed by atoms with Gasteiger partial charge in [0.15, 0.2) is 0 Å². The molecule has 2 saturated heterocycles. The first kappa shape index (κ1) is 22.1. The summed E-state index contributed by atoms with van der Waals surface area (Å²) in [6.45, 7) is 6.12. The van der Waals surface area contributed by atoms with Gasteiger partial charge in [-0.15, -0.1) is 12.4 Å². The van der Waals surface area contributed by atoms with Crippen molar-refractivity contribution in [1.82, 2.24) is 14.5 Å². The molecule has 0 spiro atoms. The molecule has 0 aromatic heterocycles. The van der Waals surface area contributed by atoms with Crippen molar-refractivity contribution in [2.45, 2.75) is 30.7 Å². The molecule has 1 unspecified atom stereocenters. The number of benzene rings is 1. The molecule has 152 valence electrons. The maximum atomic E-state index is 12.6. The molecule has 1 N–H and O–H groups in total. The van der Waals surface area contributed by atoms with E-state index >= 15 is 0 Å². The number of ether oxygens (including phenoxy) is 1. The van der Waals surface area contributed by atoms with Gasteiger partial charge >= 0.3 is 0 Å². The second kappa shape index (κ2) is 9.84. The van der Waals surface area contributed by atoms with E-state index in [4.69, 9.17) is 4.74 Å². The molecule has 7 nitrogen and oxygen atoms in total. The Kier molecular flexibility index (Phi) is 8.05. The lowest BCUT2D eigenvalue weighted by Crippen LogP contribution is -2.52. The summed E-state index contributed by atoms with van der Waals surface area (Å²) in [5.41, 5.74) is 0.974. The van der Waals surface area contributed by atoms with Crippen LogP contribution in [0.3, 0.4) is 0 Å². The lowest BCUT2D eigenvalue weighted by Gasteiger charge is -2.34. The topological polar surface area (TPSA) is 79.0 Å². The predicted octanol–water partition coefficient (Wildman–Crippen LogP) is 0.882. The first-order chi connectivity index (χ1) is 12.5. The van der Waals surface area contributed by atoms with Crippen LogP contribution in [0.4, 0.5) is 0 Å². The van der Waals surface area contributed by atoms with E-state index in [0.29, 0.717) is 44.0 Å². The lowest BCUT2D eigenvalue weighted by molar-refractivity contribution is -0.133. The molecule has 1 amide bonds. The van der Waals surface area contributed by atoms with Crippen LogP contribution < -0.4 is 5.32 Å². The summed E-state index contributed by atoms with van der Waals surface area (Å²) in [5.74, 6) is 0.156. The summed E-state index contributed by atoms with van der Waals surface area (Å²) < 4.78 is 31.9. The minimum atomic E-state index is -3.46. The van der Waals surface area contributed by atoms with Crippen LogP contribution in [0.25, 0.3) is 0 Å². The zero-order chi connectivity index (χ0) is 18.6. The number of carbonyl (C=O) groups excluding carboxylic acids is 1. The highest BCUT2D eigenvalue weighted by Crippen LogP contribution is 2.18. The third kappa shape index (κ3) is 5.42. The molecule has 2 heterocycles. The number of halogens is 1. The summed E-state index contributed by atoms with van der Waals surface area (Å²) in [6.07, 6.45) is 1.06. The highest BCUT2D eigenvalue weighted by Gasteiger charge is 2.26. The number of sulfonamides is 1. The quantitative estimate of drug-likeness (QED) is 0.769. The van der Waals surface area contributed by atoms with E-state index in [1.54, 1.807) is 12.1 Å². The number of morpholine rings is 1. The normalized spacial score (nSPS) is 21.5. The van der Waals surface area contributed by atoms with Crippen molar-refractivity contribution in [3.63, 3.8) is 0 Å². The number of rotatable bonds is 5. The van der Waals surface area contributed by atoms with E-state index in [0.717, 1.165) is 25.2 Å². The molecule has 2 fully saturated rings. The molecule has 9 heteroatoms. The Morgan fingerprint density at radius 1 is 1.19 bits per heavy atom. The Balaban J connectivity index is 0.00000261. The highest BCUT2D eigenvalue weighted by molar-refractivity contribution is 7.89. The van der Waals surface area contributed by atoms with E-state index in [-0.39, 0.29) is 24.4 Å². The van der Waals surface area contributed by atoms with Crippen molar-refractivity contribution in [3.8, 4) is 0 Å². The molecule has 1 aromatic rings. The van der Waals surface area contributed by atoms with E-state index < -0.39 is 10.0 Å². The lowest BCUT2D eigenvalue weighted by atomic mass is 10.1. The smallest absolute Gasteiger partial charge is 0.243 e. The van der Waals surface area contributed by atoms with E-state index in [1.165, 1.54) is 4.31 Å². The van der Waals surface area contributed by atoms with Gasteiger partial charge in [0.05, 0.1) is 18.1 Å². The molecule has 2 aliphatic rings. The van der Waals surface area contributed by atoms with Crippen LogP contribution in [0.1, 0.15) is 18.9 Å². The molecule has 0 saturated carbocycles. The largest absolute Gasteiger partial charge is 0.379 e. The average molecular weight is 418 g/mol. The molecule has 0 bridgehead atoms. The van der Waals surface area contributed by atoms with Gasteiger partial charge in [-0.1, -0.05) is 12.1 Å². The number of nitrogens with one attached hydrogen (secondary N) is 1. The second-order valence-electron chi connectivity index (χ2n) is 6.80. The average Bonchev–Trinajstić information content (AvgIpc) is 2.67. The highest BCUT2D eigenvalue weighted by atomic mass is 35.5. The van der Waals surface area contributed by atoms with Gasteiger partial charge in [-0.25, -0.2) is 8.42 Å². The molecule has 2 aliphatic heterocycles. The minimum Gasteiger partial charge on any atom is -0.379 e. The monoisotopic (exact) mass is 417 g/mol. The summed E-state index contributed by atoms with van der Waals surface area (Å²) in [6, 6.07) is 7.11. The molecular weight excluding hydrogens is 390 g/mol. The first-order valence-corrected chi connectivity index (χ1v) is 10.6. The van der Waals surface area contributed by atoms with Gasteiger partial charge in [0.2, 0.25) is 15.9 Å². The zero-order valence-corrected chi connectivity index (χ0v) is 17.2. The summed E-state index contributed by atoms with van der Waals surface area (Å²) in [5, 5.41) is 3.28. The van der Waals surface area contributed by atoms with Crippen LogP contribution in [0.5, 0.6) is 0 Å². The summed E-state index contributed by atoms with van der Waals surface area (Å²) in [4.78, 5) is 14.6. The fourth-order valence-electron chi connectivity index (χ4n) is 3.37. The van der Waals surface area contributed by atoms with Crippen molar-refractivity contribution in [2.24, 2.45) is 0 Å². The third-order valence-electron chi connectivity index (χ3n) is 4.98. The number of aryl methyl sites for hydroxylation is 1. The van der Waals surface area contributed by atoms with Gasteiger partial charge in [0.25, 0.3) is 0 Å². The number of hydrogen-bond acceptors (Lipinski definition) is 5. The molecule has 27 heavy (non-hydrogen) atoms. The fraction of sp³-hybridized carbons (Fsp3) is 0.611. The third-order valence-corrected chi connectivity index (χ3v) is 6.89. The second-order valence-corrected chi connectivity index (χ2v) is 8.74. The van der Waals surface area contributed by atoms with Crippen LogP contribution in [0, 0.1) is 0 Å². The standard InChI is InChI=1S/C18H27N3O4S.ClH/c1-15-14-19-8-9-21(15)18(22)7-4-16-2-5-17(6-3-16)26(23,24)20-10-12-25-13-11-20;/h2-3,5-6,15,19H,4,7-14H2,1H3;1H. The van der Waals surface area contributed by atoms with Gasteiger partial charge in [-0.3, -0.25) is 4.79 Å². The SMILES string of the molecule is CC1CNCCN1C(=O)CCc1ccc(S(=O)(=O)N2CCOCC2)cc1.Cl. The Hall–Kier alpha value is -1.19. The van der Waals surface area contributed by atoms with Gasteiger partial charge in [0, 0.05) is 45.2 Å². The number of hydrogen-bond donors (Lipinski definition) is 1. The number of nitrogens with zero attached hydrogens (tertiary/aromatic N) is 2. The van der Waals surface area contributed by atoms with Gasteiger partial charge in [-0.05, 0) is 31.0 Å². The maximum Gasteiger partial charge on any atom is 0.243 e. The maximum absolute atomic E-state index is 12.6. The zero-order valence-electron chi connectivity index (χ0n) is 15.6. The van der Waals surface area contributed by atoms with Crippen LogP contribution in [-0.4, -0.2) is 75.5 Å². The Bertz CT molecular complexity index is 721. The number of carbonyl (C=O) groups is 1. The van der Waals surface area contributed by atoms with Crippen molar-refractivity contribution >= 4 is 28.3 Å². The fourth-order valence-corrected chi connectivity index (χ4v) is 4.78. The Labute approximate surface area is 167 Å². The van der Waals surface area contributed by atoms with Crippen molar-refractivity contribution in [2.75, 3.05) is 45.9 Å². The first-order valence-electron chi connectivity index (χ1n) is 9.15. The Morgan fingerprint density at radius 2 is 1.85 bits per heavy atom. The number of piperazine rings is 1. The van der Waals surface area contributed by atoms with E-state index in [9.17, 15) is 13.2 Å². The summed E-state index contributed by atoms with van der Waals surface area (Å²) in [7, 11) is -3.46. The van der Waals surface area contributed by atoms with Crippen LogP contribution in [-0.2, 0) is 26.0 Å². The van der Waals surface area contributed by atoms with Crippen molar-refractivity contribution in [1.29, 1.82) is 0 Å². The van der Waals surface area contributed by atoms with Crippen molar-refractivity contribution < 1.29 is 17.9 Å². The molecule has 0 radical (unpaired) electrons. The minimum absolute atomic E-state index is 0. The van der Waals surface area contributed by atoms with Gasteiger partial charge in [-0.2, -0.15) is 4.31 Å². The van der Waals surface area contributed by atoms with Crippen LogP contribution in [0.2, 0.25) is 0 Å².